The molecule has 3 unspecified atom stereocenters. The van der Waals surface area contributed by atoms with Crippen LogP contribution in [0.3, 0.4) is 0 Å². The van der Waals surface area contributed by atoms with Crippen LogP contribution in [0, 0.1) is 0 Å². The number of unbranched alkanes of at least 4 members (excludes halogenated alkanes) is 4. The molecule has 0 radical (unpaired) electrons. The normalized spacial score (nSPS) is 16.2. The maximum Gasteiger partial charge on any atom is 0.212 e. The Morgan fingerprint density at radius 3 is 1.83 bits per heavy atom. The molecule has 0 fully saturated rings. The van der Waals surface area contributed by atoms with Gasteiger partial charge in [0.15, 0.2) is 17.3 Å². The Morgan fingerprint density at radius 1 is 0.875 bits per heavy atom. The molecule has 0 aromatic heterocycles. The molecule has 0 spiro atoms. The lowest BCUT2D eigenvalue weighted by molar-refractivity contribution is -0.176. The molecule has 140 valence electrons. The fraction of sp³-hybridized carbons (Fsp3) is 0.824. The van der Waals surface area contributed by atoms with Crippen molar-refractivity contribution >= 4 is 17.3 Å². The van der Waals surface area contributed by atoms with Gasteiger partial charge >= 0.3 is 0 Å². The van der Waals surface area contributed by atoms with Gasteiger partial charge in [-0.15, -0.1) is 0 Å². The molecule has 0 saturated carbocycles. The lowest BCUT2D eigenvalue weighted by atomic mass is 9.81. The van der Waals surface area contributed by atoms with Gasteiger partial charge in [0.25, 0.3) is 0 Å². The van der Waals surface area contributed by atoms with E-state index < -0.39 is 41.8 Å². The minimum atomic E-state index is -2.97. The van der Waals surface area contributed by atoms with Gasteiger partial charge in [0, 0.05) is 12.8 Å². The first kappa shape index (κ1) is 22.9. The standard InChI is InChI=1S/C17H30O7/c1-3-5-7-9-12(19)15(22)16(23)17(24,14(21)11-18)13(20)10-8-6-4-2/h15-16,18,22-24H,3-11H2,1-2H3. The highest BCUT2D eigenvalue weighted by Gasteiger charge is 2.52. The zero-order valence-electron chi connectivity index (χ0n) is 14.5. The maximum atomic E-state index is 12.2. The van der Waals surface area contributed by atoms with Gasteiger partial charge in [0.05, 0.1) is 0 Å². The summed E-state index contributed by atoms with van der Waals surface area (Å²) in [6, 6.07) is 0. The van der Waals surface area contributed by atoms with E-state index in [1.165, 1.54) is 0 Å². The first-order valence-corrected chi connectivity index (χ1v) is 8.55. The Morgan fingerprint density at radius 2 is 1.38 bits per heavy atom. The van der Waals surface area contributed by atoms with E-state index in [9.17, 15) is 29.7 Å². The second-order valence-corrected chi connectivity index (χ2v) is 6.04. The van der Waals surface area contributed by atoms with E-state index in [4.69, 9.17) is 5.11 Å². The molecular weight excluding hydrogens is 316 g/mol. The van der Waals surface area contributed by atoms with Crippen molar-refractivity contribution in [2.45, 2.75) is 83.0 Å². The van der Waals surface area contributed by atoms with Crippen molar-refractivity contribution in [1.82, 2.24) is 0 Å². The molecule has 0 amide bonds. The summed E-state index contributed by atoms with van der Waals surface area (Å²) in [4.78, 5) is 35.9. The summed E-state index contributed by atoms with van der Waals surface area (Å²) in [6.07, 6.45) is -0.579. The predicted molar refractivity (Wildman–Crippen MR) is 87.4 cm³/mol. The lowest BCUT2D eigenvalue weighted by Gasteiger charge is -2.32. The van der Waals surface area contributed by atoms with Crippen LogP contribution in [0.4, 0.5) is 0 Å². The summed E-state index contributed by atoms with van der Waals surface area (Å²) in [7, 11) is 0. The first-order valence-electron chi connectivity index (χ1n) is 8.55. The molecule has 0 bridgehead atoms. The third-order valence-corrected chi connectivity index (χ3v) is 4.08. The van der Waals surface area contributed by atoms with Gasteiger partial charge in [-0.3, -0.25) is 14.4 Å². The molecule has 0 aromatic rings. The molecule has 7 nitrogen and oxygen atoms in total. The predicted octanol–water partition coefficient (Wildman–Crippen LogP) is 0.299. The van der Waals surface area contributed by atoms with E-state index >= 15 is 0 Å². The number of aliphatic hydroxyl groups is 4. The van der Waals surface area contributed by atoms with E-state index in [1.54, 1.807) is 0 Å². The average molecular weight is 346 g/mol. The van der Waals surface area contributed by atoms with Crippen molar-refractivity contribution in [1.29, 1.82) is 0 Å². The molecule has 3 atom stereocenters. The van der Waals surface area contributed by atoms with Crippen molar-refractivity contribution < 1.29 is 34.8 Å². The number of carbonyl (C=O) groups excluding carboxylic acids is 3. The molecule has 24 heavy (non-hydrogen) atoms. The Bertz CT molecular complexity index is 421. The largest absolute Gasteiger partial charge is 0.388 e. The molecule has 4 N–H and O–H groups in total. The van der Waals surface area contributed by atoms with Crippen molar-refractivity contribution in [2.24, 2.45) is 0 Å². The minimum Gasteiger partial charge on any atom is -0.388 e. The number of rotatable bonds is 14. The van der Waals surface area contributed by atoms with Gasteiger partial charge in [0.1, 0.15) is 18.8 Å². The molecule has 0 aliphatic rings. The van der Waals surface area contributed by atoms with Crippen molar-refractivity contribution in [2.75, 3.05) is 6.61 Å². The van der Waals surface area contributed by atoms with Crippen molar-refractivity contribution in [3.8, 4) is 0 Å². The van der Waals surface area contributed by atoms with Crippen LogP contribution in [-0.2, 0) is 14.4 Å². The van der Waals surface area contributed by atoms with Crippen LogP contribution in [-0.4, -0.2) is 62.2 Å². The van der Waals surface area contributed by atoms with E-state index in [0.717, 1.165) is 19.3 Å². The second-order valence-electron chi connectivity index (χ2n) is 6.04. The van der Waals surface area contributed by atoms with Crippen molar-refractivity contribution in [3.05, 3.63) is 0 Å². The Hall–Kier alpha value is -1.15. The zero-order chi connectivity index (χ0) is 18.8. The van der Waals surface area contributed by atoms with E-state index in [0.29, 0.717) is 19.3 Å². The third kappa shape index (κ3) is 6.05. The number of carbonyl (C=O) groups is 3. The highest BCUT2D eigenvalue weighted by atomic mass is 16.4. The number of hydrogen-bond acceptors (Lipinski definition) is 7. The molecule has 0 saturated heterocycles. The smallest absolute Gasteiger partial charge is 0.212 e. The molecule has 0 rings (SSSR count). The molecule has 0 heterocycles. The fourth-order valence-electron chi connectivity index (χ4n) is 2.43. The summed E-state index contributed by atoms with van der Waals surface area (Å²) in [6.45, 7) is 2.66. The van der Waals surface area contributed by atoms with Crippen LogP contribution in [0.25, 0.3) is 0 Å². The quantitative estimate of drug-likeness (QED) is 0.263. The van der Waals surface area contributed by atoms with E-state index in [2.05, 4.69) is 0 Å². The molecule has 0 aliphatic heterocycles. The second kappa shape index (κ2) is 11.4. The molecule has 7 heteroatoms. The van der Waals surface area contributed by atoms with Gasteiger partial charge in [-0.25, -0.2) is 0 Å². The van der Waals surface area contributed by atoms with E-state index in [1.807, 2.05) is 13.8 Å². The van der Waals surface area contributed by atoms with Crippen LogP contribution in [0.15, 0.2) is 0 Å². The van der Waals surface area contributed by atoms with Crippen LogP contribution in [0.1, 0.15) is 65.2 Å². The zero-order valence-corrected chi connectivity index (χ0v) is 14.5. The van der Waals surface area contributed by atoms with E-state index in [-0.39, 0.29) is 12.8 Å². The monoisotopic (exact) mass is 346 g/mol. The Kier molecular flexibility index (Phi) is 10.9. The summed E-state index contributed by atoms with van der Waals surface area (Å²) in [5.74, 6) is -3.07. The molecule has 0 aromatic carbocycles. The highest BCUT2D eigenvalue weighted by molar-refractivity contribution is 6.11. The molecule has 0 aliphatic carbocycles. The maximum absolute atomic E-state index is 12.2. The van der Waals surface area contributed by atoms with Gasteiger partial charge < -0.3 is 20.4 Å². The van der Waals surface area contributed by atoms with Crippen LogP contribution in [0.5, 0.6) is 0 Å². The number of ketones is 3. The lowest BCUT2D eigenvalue weighted by Crippen LogP contribution is -2.62. The topological polar surface area (TPSA) is 132 Å². The first-order chi connectivity index (χ1) is 11.3. The van der Waals surface area contributed by atoms with Gasteiger partial charge in [-0.1, -0.05) is 39.5 Å². The number of aliphatic hydroxyl groups excluding tert-OH is 3. The number of Topliss-reactive ketones (excluding diaryl/α,β-unsaturated/α-hetero) is 3. The van der Waals surface area contributed by atoms with Gasteiger partial charge in [-0.05, 0) is 12.8 Å². The Labute approximate surface area is 142 Å². The summed E-state index contributed by atoms with van der Waals surface area (Å²) < 4.78 is 0. The van der Waals surface area contributed by atoms with Crippen LogP contribution >= 0.6 is 0 Å². The van der Waals surface area contributed by atoms with Crippen LogP contribution in [0.2, 0.25) is 0 Å². The highest BCUT2D eigenvalue weighted by Crippen LogP contribution is 2.22. The Balaban J connectivity index is 5.16. The fourth-order valence-corrected chi connectivity index (χ4v) is 2.43. The summed E-state index contributed by atoms with van der Waals surface area (Å²) >= 11 is 0. The third-order valence-electron chi connectivity index (χ3n) is 4.08. The average Bonchev–Trinajstić information content (AvgIpc) is 2.58. The molecular formula is C17H30O7. The SMILES string of the molecule is CCCCCC(=O)C(O)C(O)C(O)(C(=O)CO)C(=O)CCCCC. The van der Waals surface area contributed by atoms with Crippen LogP contribution < -0.4 is 0 Å². The van der Waals surface area contributed by atoms with Gasteiger partial charge in [0.2, 0.25) is 5.60 Å². The number of hydrogen-bond donors (Lipinski definition) is 4. The summed E-state index contributed by atoms with van der Waals surface area (Å²) in [5, 5.41) is 39.4. The minimum absolute atomic E-state index is 0.0283. The summed E-state index contributed by atoms with van der Waals surface area (Å²) in [5.41, 5.74) is -2.97. The van der Waals surface area contributed by atoms with Gasteiger partial charge in [-0.2, -0.15) is 0 Å². The van der Waals surface area contributed by atoms with Crippen molar-refractivity contribution in [3.63, 3.8) is 0 Å².